The number of fused-ring (bicyclic) bond motifs is 1. The highest BCUT2D eigenvalue weighted by Crippen LogP contribution is 2.38. The van der Waals surface area contributed by atoms with Crippen LogP contribution in [0.15, 0.2) is 12.1 Å². The first-order valence-electron chi connectivity index (χ1n) is 8.37. The summed E-state index contributed by atoms with van der Waals surface area (Å²) in [6.07, 6.45) is 2.73. The minimum Gasteiger partial charge on any atom is -0.444 e. The van der Waals surface area contributed by atoms with E-state index in [4.69, 9.17) is 16.3 Å². The van der Waals surface area contributed by atoms with E-state index in [0.29, 0.717) is 0 Å². The van der Waals surface area contributed by atoms with Gasteiger partial charge in [-0.05, 0) is 75.4 Å². The zero-order chi connectivity index (χ0) is 16.6. The Balaban J connectivity index is 1.91. The Morgan fingerprint density at radius 3 is 2.91 bits per heavy atom. The molecule has 0 unspecified atom stereocenters. The predicted octanol–water partition coefficient (Wildman–Crippen LogP) is 4.06. The van der Waals surface area contributed by atoms with Crippen molar-refractivity contribution in [3.8, 4) is 0 Å². The fraction of sp³-hybridized carbons (Fsp3) is 0.611. The molecule has 0 radical (unpaired) electrons. The quantitative estimate of drug-likeness (QED) is 0.841. The summed E-state index contributed by atoms with van der Waals surface area (Å²) in [7, 11) is 0. The van der Waals surface area contributed by atoms with Crippen LogP contribution < -0.4 is 5.32 Å². The molecule has 0 saturated carbocycles. The van der Waals surface area contributed by atoms with Gasteiger partial charge in [-0.1, -0.05) is 11.6 Å². The van der Waals surface area contributed by atoms with Gasteiger partial charge in [0.2, 0.25) is 0 Å². The summed E-state index contributed by atoms with van der Waals surface area (Å²) in [5.74, 6) is 0. The molecule has 1 aromatic carbocycles. The second kappa shape index (κ2) is 6.33. The zero-order valence-corrected chi connectivity index (χ0v) is 14.9. The average Bonchev–Trinajstić information content (AvgIpc) is 2.93. The molecule has 2 heterocycles. The Kier molecular flexibility index (Phi) is 4.56. The van der Waals surface area contributed by atoms with Gasteiger partial charge in [0, 0.05) is 18.1 Å². The summed E-state index contributed by atoms with van der Waals surface area (Å²) in [6.45, 7) is 8.28. The van der Waals surface area contributed by atoms with Crippen LogP contribution in [-0.4, -0.2) is 29.7 Å². The van der Waals surface area contributed by atoms with Crippen LogP contribution in [0.5, 0.6) is 0 Å². The lowest BCUT2D eigenvalue weighted by molar-refractivity contribution is 0.0224. The first-order valence-corrected chi connectivity index (χ1v) is 8.74. The van der Waals surface area contributed by atoms with Crippen LogP contribution in [0.3, 0.4) is 0 Å². The van der Waals surface area contributed by atoms with Crippen molar-refractivity contribution in [3.05, 3.63) is 33.8 Å². The van der Waals surface area contributed by atoms with Crippen molar-refractivity contribution in [3.63, 3.8) is 0 Å². The van der Waals surface area contributed by atoms with E-state index in [-0.39, 0.29) is 12.1 Å². The Bertz CT molecular complexity index is 610. The number of benzene rings is 1. The zero-order valence-electron chi connectivity index (χ0n) is 14.1. The summed E-state index contributed by atoms with van der Waals surface area (Å²) in [6, 6.07) is 4.16. The number of rotatable bonds is 1. The SMILES string of the molecule is CC(C)(C)OC(=O)N1CCC[C@H]1c1cc(Cl)cc2c1CNCC2. The van der Waals surface area contributed by atoms with Crippen LogP contribution in [0.1, 0.15) is 56.3 Å². The van der Waals surface area contributed by atoms with Crippen molar-refractivity contribution < 1.29 is 9.53 Å². The highest BCUT2D eigenvalue weighted by Gasteiger charge is 2.35. The van der Waals surface area contributed by atoms with Gasteiger partial charge in [0.1, 0.15) is 5.60 Å². The number of hydrogen-bond acceptors (Lipinski definition) is 3. The third-order valence-corrected chi connectivity index (χ3v) is 4.67. The van der Waals surface area contributed by atoms with Crippen LogP contribution in [0.25, 0.3) is 0 Å². The molecule has 1 aromatic rings. The van der Waals surface area contributed by atoms with Crippen molar-refractivity contribution in [2.75, 3.05) is 13.1 Å². The number of likely N-dealkylation sites (tertiary alicyclic amines) is 1. The van der Waals surface area contributed by atoms with Crippen molar-refractivity contribution in [2.24, 2.45) is 0 Å². The number of hydrogen-bond donors (Lipinski definition) is 1. The monoisotopic (exact) mass is 336 g/mol. The first-order chi connectivity index (χ1) is 10.8. The molecular formula is C18H25ClN2O2. The van der Waals surface area contributed by atoms with Crippen LogP contribution in [0.4, 0.5) is 4.79 Å². The number of carbonyl (C=O) groups excluding carboxylic acids is 1. The molecule has 1 atom stereocenters. The van der Waals surface area contributed by atoms with E-state index in [1.54, 1.807) is 0 Å². The molecule has 1 N–H and O–H groups in total. The van der Waals surface area contributed by atoms with E-state index < -0.39 is 5.60 Å². The van der Waals surface area contributed by atoms with Crippen LogP contribution in [0, 0.1) is 0 Å². The van der Waals surface area contributed by atoms with Crippen LogP contribution in [0.2, 0.25) is 5.02 Å². The fourth-order valence-corrected chi connectivity index (χ4v) is 3.77. The van der Waals surface area contributed by atoms with E-state index in [1.807, 2.05) is 31.7 Å². The Labute approximate surface area is 143 Å². The first kappa shape index (κ1) is 16.6. The molecule has 126 valence electrons. The molecule has 2 aliphatic rings. The lowest BCUT2D eigenvalue weighted by Gasteiger charge is -2.31. The molecule has 2 aliphatic heterocycles. The molecule has 1 saturated heterocycles. The molecule has 4 nitrogen and oxygen atoms in total. The minimum atomic E-state index is -0.473. The molecule has 0 aliphatic carbocycles. The van der Waals surface area contributed by atoms with E-state index >= 15 is 0 Å². The van der Waals surface area contributed by atoms with Crippen molar-refractivity contribution in [2.45, 2.75) is 58.2 Å². The van der Waals surface area contributed by atoms with Gasteiger partial charge < -0.3 is 15.0 Å². The lowest BCUT2D eigenvalue weighted by Crippen LogP contribution is -2.37. The van der Waals surface area contributed by atoms with Gasteiger partial charge in [-0.2, -0.15) is 0 Å². The molecular weight excluding hydrogens is 312 g/mol. The molecule has 1 amide bonds. The van der Waals surface area contributed by atoms with Crippen LogP contribution >= 0.6 is 11.6 Å². The second-order valence-corrected chi connectivity index (χ2v) is 7.83. The van der Waals surface area contributed by atoms with Crippen molar-refractivity contribution >= 4 is 17.7 Å². The van der Waals surface area contributed by atoms with E-state index in [2.05, 4.69) is 11.4 Å². The van der Waals surface area contributed by atoms with Crippen molar-refractivity contribution in [1.82, 2.24) is 10.2 Å². The summed E-state index contributed by atoms with van der Waals surface area (Å²) in [4.78, 5) is 14.4. The smallest absolute Gasteiger partial charge is 0.410 e. The lowest BCUT2D eigenvalue weighted by atomic mass is 9.91. The summed E-state index contributed by atoms with van der Waals surface area (Å²) in [5.41, 5.74) is 3.32. The maximum Gasteiger partial charge on any atom is 0.410 e. The highest BCUT2D eigenvalue weighted by molar-refractivity contribution is 6.30. The van der Waals surface area contributed by atoms with Crippen LogP contribution in [-0.2, 0) is 17.7 Å². The summed E-state index contributed by atoms with van der Waals surface area (Å²) < 4.78 is 5.59. The maximum atomic E-state index is 12.6. The topological polar surface area (TPSA) is 41.6 Å². The third-order valence-electron chi connectivity index (χ3n) is 4.45. The van der Waals surface area contributed by atoms with Gasteiger partial charge in [0.15, 0.2) is 0 Å². The second-order valence-electron chi connectivity index (χ2n) is 7.39. The number of carbonyl (C=O) groups is 1. The van der Waals surface area contributed by atoms with Crippen molar-refractivity contribution in [1.29, 1.82) is 0 Å². The Morgan fingerprint density at radius 2 is 2.17 bits per heavy atom. The minimum absolute atomic E-state index is 0.0669. The number of amides is 1. The molecule has 0 aromatic heterocycles. The standard InChI is InChI=1S/C18H25ClN2O2/c1-18(2,3)23-17(22)21-8-4-5-16(21)14-10-13(19)9-12-6-7-20-11-15(12)14/h9-10,16,20H,4-8,11H2,1-3H3/t16-/m0/s1. The average molecular weight is 337 g/mol. The van der Waals surface area contributed by atoms with Gasteiger partial charge in [-0.25, -0.2) is 4.79 Å². The molecule has 0 spiro atoms. The van der Waals surface area contributed by atoms with E-state index in [1.165, 1.54) is 16.7 Å². The largest absolute Gasteiger partial charge is 0.444 e. The number of nitrogens with one attached hydrogen (secondary N) is 1. The van der Waals surface area contributed by atoms with Gasteiger partial charge >= 0.3 is 6.09 Å². The highest BCUT2D eigenvalue weighted by atomic mass is 35.5. The van der Waals surface area contributed by atoms with Gasteiger partial charge in [0.05, 0.1) is 6.04 Å². The normalized spacial score (nSPS) is 21.2. The molecule has 1 fully saturated rings. The van der Waals surface area contributed by atoms with E-state index in [9.17, 15) is 4.79 Å². The molecule has 0 bridgehead atoms. The van der Waals surface area contributed by atoms with E-state index in [0.717, 1.165) is 43.9 Å². The number of ether oxygens (including phenoxy) is 1. The Morgan fingerprint density at radius 1 is 1.39 bits per heavy atom. The van der Waals surface area contributed by atoms with Gasteiger partial charge in [-0.3, -0.25) is 0 Å². The predicted molar refractivity (Wildman–Crippen MR) is 91.8 cm³/mol. The van der Waals surface area contributed by atoms with Gasteiger partial charge in [0.25, 0.3) is 0 Å². The molecule has 5 heteroatoms. The number of halogens is 1. The third kappa shape index (κ3) is 3.64. The Hall–Kier alpha value is -1.26. The molecule has 3 rings (SSSR count). The number of nitrogens with zero attached hydrogens (tertiary/aromatic N) is 1. The summed E-state index contributed by atoms with van der Waals surface area (Å²) >= 11 is 6.34. The fourth-order valence-electron chi connectivity index (χ4n) is 3.52. The maximum absolute atomic E-state index is 12.6. The van der Waals surface area contributed by atoms with Gasteiger partial charge in [-0.15, -0.1) is 0 Å². The molecule has 23 heavy (non-hydrogen) atoms. The summed E-state index contributed by atoms with van der Waals surface area (Å²) in [5, 5.41) is 4.19.